The molecule has 2 N–H and O–H groups in total. The summed E-state index contributed by atoms with van der Waals surface area (Å²) < 4.78 is 26.6. The molecule has 1 aliphatic rings. The predicted molar refractivity (Wildman–Crippen MR) is 77.0 cm³/mol. The third-order valence-electron chi connectivity index (χ3n) is 2.81. The highest BCUT2D eigenvalue weighted by atomic mass is 32.2. The molecule has 0 spiro atoms. The Hall–Kier alpha value is -1.40. The van der Waals surface area contributed by atoms with Crippen LogP contribution in [0.5, 0.6) is 0 Å². The van der Waals surface area contributed by atoms with Gasteiger partial charge < -0.3 is 5.32 Å². The van der Waals surface area contributed by atoms with Crippen LogP contribution in [0.2, 0.25) is 0 Å². The largest absolute Gasteiger partial charge is 0.347 e. The topological polar surface area (TPSA) is 75.3 Å². The Balaban J connectivity index is 2.11. The van der Waals surface area contributed by atoms with Crippen molar-refractivity contribution >= 4 is 15.9 Å². The van der Waals surface area contributed by atoms with Crippen molar-refractivity contribution in [2.24, 2.45) is 0 Å². The monoisotopic (exact) mass is 296 g/mol. The summed E-state index contributed by atoms with van der Waals surface area (Å²) in [6.07, 6.45) is 1.79. The van der Waals surface area contributed by atoms with Crippen molar-refractivity contribution in [2.45, 2.75) is 50.1 Å². The van der Waals surface area contributed by atoms with E-state index in [9.17, 15) is 13.2 Å². The lowest BCUT2D eigenvalue weighted by molar-refractivity contribution is 0.0919. The fourth-order valence-electron chi connectivity index (χ4n) is 1.69. The number of hydrogen-bond donors (Lipinski definition) is 2. The van der Waals surface area contributed by atoms with E-state index in [1.807, 2.05) is 20.8 Å². The predicted octanol–water partition coefficient (Wildman–Crippen LogP) is 1.66. The van der Waals surface area contributed by atoms with E-state index in [0.29, 0.717) is 5.56 Å². The quantitative estimate of drug-likeness (QED) is 0.887. The summed E-state index contributed by atoms with van der Waals surface area (Å²) in [6.45, 7) is 5.68. The number of carbonyl (C=O) groups excluding carboxylic acids is 1. The normalized spacial score (nSPS) is 15.9. The van der Waals surface area contributed by atoms with Gasteiger partial charge in [-0.2, -0.15) is 0 Å². The summed E-state index contributed by atoms with van der Waals surface area (Å²) in [5.74, 6) is -0.211. The molecular formula is C14H20N2O3S. The minimum absolute atomic E-state index is 0.0730. The van der Waals surface area contributed by atoms with Crippen molar-refractivity contribution in [3.05, 3.63) is 29.8 Å². The minimum Gasteiger partial charge on any atom is -0.347 e. The van der Waals surface area contributed by atoms with Crippen LogP contribution in [0.15, 0.2) is 29.2 Å². The van der Waals surface area contributed by atoms with E-state index in [1.54, 1.807) is 0 Å². The maximum Gasteiger partial charge on any atom is 0.251 e. The molecule has 5 nitrogen and oxygen atoms in total. The van der Waals surface area contributed by atoms with Gasteiger partial charge in [0.25, 0.3) is 5.91 Å². The van der Waals surface area contributed by atoms with Crippen LogP contribution in [0, 0.1) is 0 Å². The number of rotatable bonds is 4. The standard InChI is InChI=1S/C14H20N2O3S/c1-14(2,3)15-13(17)10-4-8-12(9-5-10)20(18,19)16-11-6-7-11/h4-5,8-9,11,16H,6-7H2,1-3H3,(H,15,17). The molecule has 0 heterocycles. The molecule has 1 fully saturated rings. The number of hydrogen-bond acceptors (Lipinski definition) is 3. The summed E-state index contributed by atoms with van der Waals surface area (Å²) in [4.78, 5) is 12.1. The van der Waals surface area contributed by atoms with E-state index in [-0.39, 0.29) is 22.4 Å². The van der Waals surface area contributed by atoms with Crippen LogP contribution in [-0.4, -0.2) is 25.9 Å². The third kappa shape index (κ3) is 4.05. The van der Waals surface area contributed by atoms with Crippen molar-refractivity contribution in [1.82, 2.24) is 10.0 Å². The number of amides is 1. The summed E-state index contributed by atoms with van der Waals surface area (Å²) in [5, 5.41) is 2.83. The summed E-state index contributed by atoms with van der Waals surface area (Å²) in [6, 6.07) is 6.05. The van der Waals surface area contributed by atoms with Crippen LogP contribution in [-0.2, 0) is 10.0 Å². The first-order valence-electron chi connectivity index (χ1n) is 6.62. The van der Waals surface area contributed by atoms with Crippen LogP contribution < -0.4 is 10.0 Å². The SMILES string of the molecule is CC(C)(C)NC(=O)c1ccc(S(=O)(=O)NC2CC2)cc1. The molecule has 0 unspecified atom stereocenters. The lowest BCUT2D eigenvalue weighted by atomic mass is 10.1. The van der Waals surface area contributed by atoms with Gasteiger partial charge in [0.05, 0.1) is 4.90 Å². The Labute approximate surface area is 119 Å². The molecular weight excluding hydrogens is 276 g/mol. The van der Waals surface area contributed by atoms with Gasteiger partial charge in [-0.05, 0) is 57.9 Å². The smallest absolute Gasteiger partial charge is 0.251 e. The van der Waals surface area contributed by atoms with Gasteiger partial charge in [-0.25, -0.2) is 13.1 Å². The molecule has 0 atom stereocenters. The van der Waals surface area contributed by atoms with Crippen molar-refractivity contribution in [1.29, 1.82) is 0 Å². The van der Waals surface area contributed by atoms with Gasteiger partial charge in [-0.15, -0.1) is 0 Å². The van der Waals surface area contributed by atoms with Crippen LogP contribution in [0.25, 0.3) is 0 Å². The molecule has 0 aromatic heterocycles. The number of carbonyl (C=O) groups is 1. The Kier molecular flexibility index (Phi) is 3.88. The summed E-state index contributed by atoms with van der Waals surface area (Å²) in [7, 11) is -3.46. The van der Waals surface area contributed by atoms with E-state index in [2.05, 4.69) is 10.0 Å². The molecule has 20 heavy (non-hydrogen) atoms. The lowest BCUT2D eigenvalue weighted by Crippen LogP contribution is -2.40. The van der Waals surface area contributed by atoms with Gasteiger partial charge in [0.2, 0.25) is 10.0 Å². The summed E-state index contributed by atoms with van der Waals surface area (Å²) in [5.41, 5.74) is 0.125. The van der Waals surface area contributed by atoms with Gasteiger partial charge >= 0.3 is 0 Å². The molecule has 1 aromatic rings. The first-order chi connectivity index (χ1) is 9.17. The van der Waals surface area contributed by atoms with Gasteiger partial charge in [-0.1, -0.05) is 0 Å². The first-order valence-corrected chi connectivity index (χ1v) is 8.11. The van der Waals surface area contributed by atoms with Crippen LogP contribution in [0.4, 0.5) is 0 Å². The highest BCUT2D eigenvalue weighted by Gasteiger charge is 2.28. The average molecular weight is 296 g/mol. The zero-order valence-electron chi connectivity index (χ0n) is 11.9. The minimum atomic E-state index is -3.46. The molecule has 2 rings (SSSR count). The zero-order chi connectivity index (χ0) is 15.0. The van der Waals surface area contributed by atoms with Crippen molar-refractivity contribution < 1.29 is 13.2 Å². The highest BCUT2D eigenvalue weighted by molar-refractivity contribution is 7.89. The molecule has 0 saturated heterocycles. The van der Waals surface area contributed by atoms with E-state index in [0.717, 1.165) is 12.8 Å². The lowest BCUT2D eigenvalue weighted by Gasteiger charge is -2.20. The highest BCUT2D eigenvalue weighted by Crippen LogP contribution is 2.22. The van der Waals surface area contributed by atoms with Crippen molar-refractivity contribution in [3.63, 3.8) is 0 Å². The van der Waals surface area contributed by atoms with Crippen molar-refractivity contribution in [3.8, 4) is 0 Å². The molecule has 0 bridgehead atoms. The number of benzene rings is 1. The van der Waals surface area contributed by atoms with Crippen LogP contribution in [0.1, 0.15) is 44.0 Å². The Morgan fingerprint density at radius 2 is 1.70 bits per heavy atom. The van der Waals surface area contributed by atoms with E-state index >= 15 is 0 Å². The van der Waals surface area contributed by atoms with Crippen LogP contribution >= 0.6 is 0 Å². The second-order valence-corrected chi connectivity index (χ2v) is 7.84. The average Bonchev–Trinajstić information content (AvgIpc) is 3.10. The molecule has 1 aromatic carbocycles. The van der Waals surface area contributed by atoms with E-state index < -0.39 is 10.0 Å². The summed E-state index contributed by atoms with van der Waals surface area (Å²) >= 11 is 0. The molecule has 110 valence electrons. The molecule has 6 heteroatoms. The molecule has 0 aliphatic heterocycles. The number of sulfonamides is 1. The van der Waals surface area contributed by atoms with Gasteiger partial charge in [0, 0.05) is 17.1 Å². The maximum atomic E-state index is 12.0. The second-order valence-electron chi connectivity index (χ2n) is 6.12. The van der Waals surface area contributed by atoms with Crippen LogP contribution in [0.3, 0.4) is 0 Å². The Morgan fingerprint density at radius 3 is 2.15 bits per heavy atom. The van der Waals surface area contributed by atoms with E-state index in [1.165, 1.54) is 24.3 Å². The molecule has 1 amide bonds. The van der Waals surface area contributed by atoms with Crippen molar-refractivity contribution in [2.75, 3.05) is 0 Å². The Morgan fingerprint density at radius 1 is 1.15 bits per heavy atom. The first kappa shape index (κ1) is 15.0. The van der Waals surface area contributed by atoms with Gasteiger partial charge in [0.1, 0.15) is 0 Å². The third-order valence-corrected chi connectivity index (χ3v) is 4.35. The second kappa shape index (κ2) is 5.18. The number of nitrogens with one attached hydrogen (secondary N) is 2. The fourth-order valence-corrected chi connectivity index (χ4v) is 2.99. The molecule has 1 aliphatic carbocycles. The fraction of sp³-hybridized carbons (Fsp3) is 0.500. The molecule has 1 saturated carbocycles. The Bertz CT molecular complexity index is 596. The van der Waals surface area contributed by atoms with Gasteiger partial charge in [-0.3, -0.25) is 4.79 Å². The zero-order valence-corrected chi connectivity index (χ0v) is 12.8. The van der Waals surface area contributed by atoms with E-state index in [4.69, 9.17) is 0 Å². The maximum absolute atomic E-state index is 12.0. The molecule has 0 radical (unpaired) electrons. The van der Waals surface area contributed by atoms with Gasteiger partial charge in [0.15, 0.2) is 0 Å².